The van der Waals surface area contributed by atoms with Crippen molar-refractivity contribution in [3.63, 3.8) is 0 Å². The maximum absolute atomic E-state index is 12.3. The second-order valence-corrected chi connectivity index (χ2v) is 5.31. The van der Waals surface area contributed by atoms with Gasteiger partial charge in [0.2, 0.25) is 0 Å². The number of amides is 1. The first-order valence-corrected chi connectivity index (χ1v) is 7.24. The van der Waals surface area contributed by atoms with Crippen LogP contribution in [0.5, 0.6) is 0 Å². The number of piperidine rings is 1. The quantitative estimate of drug-likeness (QED) is 0.782. The highest BCUT2D eigenvalue weighted by Gasteiger charge is 2.26. The lowest BCUT2D eigenvalue weighted by atomic mass is 9.92. The number of aliphatic hydroxyl groups excluding tert-OH is 1. The van der Waals surface area contributed by atoms with Crippen molar-refractivity contribution >= 4 is 5.91 Å². The molecule has 1 amide bonds. The third-order valence-corrected chi connectivity index (χ3v) is 3.83. The van der Waals surface area contributed by atoms with Gasteiger partial charge < -0.3 is 15.7 Å². The zero-order valence-electron chi connectivity index (χ0n) is 12.2. The molecular formula is C16H21N3O2. The average Bonchev–Trinajstić information content (AvgIpc) is 2.53. The summed E-state index contributed by atoms with van der Waals surface area (Å²) >= 11 is 0. The molecule has 5 heteroatoms. The summed E-state index contributed by atoms with van der Waals surface area (Å²) in [5.74, 6) is 5.86. The van der Waals surface area contributed by atoms with E-state index < -0.39 is 0 Å². The van der Waals surface area contributed by atoms with Crippen molar-refractivity contribution < 1.29 is 9.90 Å². The second-order valence-electron chi connectivity index (χ2n) is 5.31. The summed E-state index contributed by atoms with van der Waals surface area (Å²) in [6, 6.07) is 3.48. The number of nitrogens with zero attached hydrogens (tertiary/aromatic N) is 2. The molecule has 2 heterocycles. The summed E-state index contributed by atoms with van der Waals surface area (Å²) in [5.41, 5.74) is 6.50. The zero-order valence-corrected chi connectivity index (χ0v) is 12.2. The number of rotatable bonds is 2. The van der Waals surface area contributed by atoms with E-state index in [4.69, 9.17) is 5.73 Å². The van der Waals surface area contributed by atoms with E-state index in [2.05, 4.69) is 16.8 Å². The molecule has 0 spiro atoms. The van der Waals surface area contributed by atoms with Gasteiger partial charge in [-0.2, -0.15) is 0 Å². The Morgan fingerprint density at radius 3 is 2.76 bits per heavy atom. The van der Waals surface area contributed by atoms with Crippen molar-refractivity contribution in [2.24, 2.45) is 11.7 Å². The normalized spacial score (nSPS) is 17.0. The van der Waals surface area contributed by atoms with E-state index in [9.17, 15) is 9.90 Å². The predicted octanol–water partition coefficient (Wildman–Crippen LogP) is 0.625. The first-order chi connectivity index (χ1) is 10.1. The number of aromatic nitrogens is 1. The number of carbonyl (C=O) groups is 1. The van der Waals surface area contributed by atoms with E-state index in [0.717, 1.165) is 18.4 Å². The van der Waals surface area contributed by atoms with Crippen LogP contribution in [0.3, 0.4) is 0 Å². The highest BCUT2D eigenvalue weighted by atomic mass is 16.3. The first kappa shape index (κ1) is 15.5. The van der Waals surface area contributed by atoms with Crippen LogP contribution in [0.1, 0.15) is 35.8 Å². The van der Waals surface area contributed by atoms with Gasteiger partial charge in [0.15, 0.2) is 0 Å². The molecule has 112 valence electrons. The van der Waals surface area contributed by atoms with Crippen LogP contribution >= 0.6 is 0 Å². The van der Waals surface area contributed by atoms with Gasteiger partial charge >= 0.3 is 0 Å². The molecule has 0 bridgehead atoms. The molecule has 1 aliphatic heterocycles. The number of hydrogen-bond donors (Lipinski definition) is 2. The van der Waals surface area contributed by atoms with E-state index in [1.54, 1.807) is 23.2 Å². The highest BCUT2D eigenvalue weighted by molar-refractivity contribution is 5.92. The van der Waals surface area contributed by atoms with Gasteiger partial charge in [-0.15, -0.1) is 0 Å². The molecule has 5 nitrogen and oxygen atoms in total. The summed E-state index contributed by atoms with van der Waals surface area (Å²) in [7, 11) is 0. The number of nitrogens with two attached hydrogens (primary N) is 1. The summed E-state index contributed by atoms with van der Waals surface area (Å²) < 4.78 is 0. The predicted molar refractivity (Wildman–Crippen MR) is 80.5 cm³/mol. The molecule has 1 aromatic rings. The lowest BCUT2D eigenvalue weighted by Gasteiger charge is -2.33. The van der Waals surface area contributed by atoms with Crippen LogP contribution < -0.4 is 5.73 Å². The lowest BCUT2D eigenvalue weighted by molar-refractivity contribution is 0.0517. The van der Waals surface area contributed by atoms with Crippen molar-refractivity contribution in [3.8, 4) is 11.8 Å². The standard InChI is InChI=1S/C16H21N3O2/c1-12(20)14-6-9-19(10-7-14)16(21)15-5-4-13(11-18-15)3-2-8-17/h4-5,11-12,14,20H,6-10,17H2,1H3. The Kier molecular flexibility index (Phi) is 5.32. The molecular weight excluding hydrogens is 266 g/mol. The van der Waals surface area contributed by atoms with Crippen molar-refractivity contribution in [1.82, 2.24) is 9.88 Å². The SMILES string of the molecule is CC(O)C1CCN(C(=O)c2ccc(C#CCN)cn2)CC1. The largest absolute Gasteiger partial charge is 0.393 e. The van der Waals surface area contributed by atoms with Gasteiger partial charge in [-0.3, -0.25) is 4.79 Å². The van der Waals surface area contributed by atoms with E-state index in [-0.39, 0.29) is 17.9 Å². The maximum atomic E-state index is 12.3. The van der Waals surface area contributed by atoms with Gasteiger partial charge in [-0.25, -0.2) is 4.98 Å². The zero-order chi connectivity index (χ0) is 15.2. The van der Waals surface area contributed by atoms with Crippen molar-refractivity contribution in [3.05, 3.63) is 29.6 Å². The van der Waals surface area contributed by atoms with Gasteiger partial charge in [0.1, 0.15) is 5.69 Å². The van der Waals surface area contributed by atoms with Crippen molar-refractivity contribution in [2.75, 3.05) is 19.6 Å². The lowest BCUT2D eigenvalue weighted by Crippen LogP contribution is -2.41. The van der Waals surface area contributed by atoms with Crippen molar-refractivity contribution in [1.29, 1.82) is 0 Å². The molecule has 0 aromatic carbocycles. The van der Waals surface area contributed by atoms with Gasteiger partial charge in [-0.1, -0.05) is 11.8 Å². The number of likely N-dealkylation sites (tertiary alicyclic amines) is 1. The number of carbonyl (C=O) groups excluding carboxylic acids is 1. The minimum Gasteiger partial charge on any atom is -0.393 e. The Balaban J connectivity index is 1.97. The van der Waals surface area contributed by atoms with Gasteiger partial charge in [0.25, 0.3) is 5.91 Å². The Bertz CT molecular complexity index is 535. The van der Waals surface area contributed by atoms with Crippen LogP contribution in [0.2, 0.25) is 0 Å². The summed E-state index contributed by atoms with van der Waals surface area (Å²) in [6.07, 6.45) is 2.96. The van der Waals surface area contributed by atoms with Gasteiger partial charge in [-0.05, 0) is 37.8 Å². The van der Waals surface area contributed by atoms with Crippen molar-refractivity contribution in [2.45, 2.75) is 25.9 Å². The van der Waals surface area contributed by atoms with Crippen LogP contribution in [-0.2, 0) is 0 Å². The fraction of sp³-hybridized carbons (Fsp3) is 0.500. The maximum Gasteiger partial charge on any atom is 0.272 e. The molecule has 3 N–H and O–H groups in total. The van der Waals surface area contributed by atoms with Crippen LogP contribution in [-0.4, -0.2) is 46.6 Å². The Morgan fingerprint density at radius 2 is 2.24 bits per heavy atom. The molecule has 2 rings (SSSR count). The molecule has 0 saturated carbocycles. The molecule has 21 heavy (non-hydrogen) atoms. The number of hydrogen-bond acceptors (Lipinski definition) is 4. The van der Waals surface area contributed by atoms with E-state index >= 15 is 0 Å². The van der Waals surface area contributed by atoms with Crippen LogP contribution in [0.15, 0.2) is 18.3 Å². The third-order valence-electron chi connectivity index (χ3n) is 3.83. The Hall–Kier alpha value is -1.90. The fourth-order valence-corrected chi connectivity index (χ4v) is 2.49. The number of aliphatic hydroxyl groups is 1. The highest BCUT2D eigenvalue weighted by Crippen LogP contribution is 2.21. The second kappa shape index (κ2) is 7.21. The fourth-order valence-electron chi connectivity index (χ4n) is 2.49. The summed E-state index contributed by atoms with van der Waals surface area (Å²) in [6.45, 7) is 3.46. The third kappa shape index (κ3) is 4.03. The topological polar surface area (TPSA) is 79.5 Å². The van der Waals surface area contributed by atoms with E-state index in [1.165, 1.54) is 0 Å². The smallest absolute Gasteiger partial charge is 0.272 e. The molecule has 1 aliphatic rings. The van der Waals surface area contributed by atoms with E-state index in [1.807, 2.05) is 6.92 Å². The average molecular weight is 287 g/mol. The first-order valence-electron chi connectivity index (χ1n) is 7.24. The van der Waals surface area contributed by atoms with Crippen LogP contribution in [0, 0.1) is 17.8 Å². The molecule has 1 atom stereocenters. The van der Waals surface area contributed by atoms with Gasteiger partial charge in [0, 0.05) is 24.8 Å². The molecule has 0 radical (unpaired) electrons. The van der Waals surface area contributed by atoms with Crippen LogP contribution in [0.25, 0.3) is 0 Å². The molecule has 1 unspecified atom stereocenters. The van der Waals surface area contributed by atoms with Gasteiger partial charge in [0.05, 0.1) is 12.6 Å². The molecule has 1 saturated heterocycles. The van der Waals surface area contributed by atoms with Crippen LogP contribution in [0.4, 0.5) is 0 Å². The Morgan fingerprint density at radius 1 is 1.52 bits per heavy atom. The molecule has 0 aliphatic carbocycles. The minimum absolute atomic E-state index is 0.0580. The minimum atomic E-state index is -0.305. The molecule has 1 aromatic heterocycles. The van der Waals surface area contributed by atoms with E-state index in [0.29, 0.717) is 25.3 Å². The monoisotopic (exact) mass is 287 g/mol. The Labute approximate surface area is 125 Å². The molecule has 1 fully saturated rings. The number of pyridine rings is 1. The summed E-state index contributed by atoms with van der Waals surface area (Å²) in [4.78, 5) is 18.3. The summed E-state index contributed by atoms with van der Waals surface area (Å²) in [5, 5.41) is 9.58.